The standard InChI is InChI=1S/C25H36N4O3S/c1-18-9-11-28(12-10-18)33(31,32)24-16-23(26(5)21(24)4)25(30)27-13-14-29(20(3)17-27)22-8-6-7-19(2)15-22/h6-8,15-16,18,20H,9-14,17H2,1-5H3/t20-/m1/s1. The molecule has 1 aromatic heterocycles. The second kappa shape index (κ2) is 9.14. The number of aryl methyl sites for hydroxylation is 1. The minimum Gasteiger partial charge on any atom is -0.365 e. The van der Waals surface area contributed by atoms with Crippen LogP contribution in [0, 0.1) is 19.8 Å². The molecule has 2 fully saturated rings. The first-order valence-electron chi connectivity index (χ1n) is 11.9. The highest BCUT2D eigenvalue weighted by Gasteiger charge is 2.34. The SMILES string of the molecule is Cc1cccc(N2CCN(C(=O)c3cc(S(=O)(=O)N4CCC(C)CC4)c(C)n3C)C[C@H]2C)c1. The van der Waals surface area contributed by atoms with Crippen molar-refractivity contribution < 1.29 is 13.2 Å². The van der Waals surface area contributed by atoms with Gasteiger partial charge in [-0.3, -0.25) is 4.79 Å². The largest absolute Gasteiger partial charge is 0.365 e. The van der Waals surface area contributed by atoms with Gasteiger partial charge in [-0.05, 0) is 63.3 Å². The summed E-state index contributed by atoms with van der Waals surface area (Å²) in [6, 6.07) is 10.2. The van der Waals surface area contributed by atoms with Crippen molar-refractivity contribution in [3.8, 4) is 0 Å². The molecule has 0 bridgehead atoms. The van der Waals surface area contributed by atoms with Gasteiger partial charge in [-0.2, -0.15) is 4.31 Å². The van der Waals surface area contributed by atoms with Crippen molar-refractivity contribution in [3.63, 3.8) is 0 Å². The number of amides is 1. The van der Waals surface area contributed by atoms with Crippen LogP contribution in [0.15, 0.2) is 35.2 Å². The number of aromatic nitrogens is 1. The smallest absolute Gasteiger partial charge is 0.270 e. The molecular weight excluding hydrogens is 436 g/mol. The van der Waals surface area contributed by atoms with Crippen LogP contribution < -0.4 is 4.90 Å². The molecule has 180 valence electrons. The highest BCUT2D eigenvalue weighted by molar-refractivity contribution is 7.89. The molecule has 3 heterocycles. The number of benzene rings is 1. The Balaban J connectivity index is 1.53. The number of carbonyl (C=O) groups excluding carboxylic acids is 1. The van der Waals surface area contributed by atoms with Gasteiger partial charge in [0.15, 0.2) is 0 Å². The summed E-state index contributed by atoms with van der Waals surface area (Å²) in [6.07, 6.45) is 1.75. The maximum atomic E-state index is 13.5. The van der Waals surface area contributed by atoms with Gasteiger partial charge < -0.3 is 14.4 Å². The molecule has 2 aromatic rings. The number of rotatable bonds is 4. The van der Waals surface area contributed by atoms with Crippen molar-refractivity contribution in [3.05, 3.63) is 47.3 Å². The Morgan fingerprint density at radius 2 is 1.70 bits per heavy atom. The zero-order valence-corrected chi connectivity index (χ0v) is 21.2. The quantitative estimate of drug-likeness (QED) is 0.684. The van der Waals surface area contributed by atoms with Crippen LogP contribution in [0.1, 0.15) is 48.4 Å². The Morgan fingerprint density at radius 3 is 2.33 bits per heavy atom. The molecule has 0 radical (unpaired) electrons. The highest BCUT2D eigenvalue weighted by Crippen LogP contribution is 2.29. The normalized spacial score (nSPS) is 20.9. The first kappa shape index (κ1) is 23.8. The Labute approximate surface area is 198 Å². The summed E-state index contributed by atoms with van der Waals surface area (Å²) in [7, 11) is -1.82. The minimum atomic E-state index is -3.61. The lowest BCUT2D eigenvalue weighted by atomic mass is 10.0. The second-order valence-corrected chi connectivity index (χ2v) is 11.7. The molecule has 33 heavy (non-hydrogen) atoms. The lowest BCUT2D eigenvalue weighted by Crippen LogP contribution is -2.54. The zero-order chi connectivity index (χ0) is 23.9. The Bertz CT molecular complexity index is 1130. The summed E-state index contributed by atoms with van der Waals surface area (Å²) in [6.45, 7) is 11.2. The van der Waals surface area contributed by atoms with E-state index < -0.39 is 10.0 Å². The Hall–Kier alpha value is -2.32. The van der Waals surface area contributed by atoms with Crippen LogP contribution in [0.5, 0.6) is 0 Å². The van der Waals surface area contributed by atoms with Crippen molar-refractivity contribution in [1.82, 2.24) is 13.8 Å². The summed E-state index contributed by atoms with van der Waals surface area (Å²) in [5.41, 5.74) is 3.44. The van der Waals surface area contributed by atoms with Gasteiger partial charge in [0.05, 0.1) is 0 Å². The molecule has 2 aliphatic heterocycles. The Morgan fingerprint density at radius 1 is 1.00 bits per heavy atom. The maximum absolute atomic E-state index is 13.5. The van der Waals surface area contributed by atoms with E-state index in [0.29, 0.717) is 43.5 Å². The van der Waals surface area contributed by atoms with Gasteiger partial charge >= 0.3 is 0 Å². The van der Waals surface area contributed by atoms with Crippen molar-refractivity contribution in [2.24, 2.45) is 13.0 Å². The molecule has 7 nitrogen and oxygen atoms in total. The van der Waals surface area contributed by atoms with Gasteiger partial charge in [0, 0.05) is 57.2 Å². The van der Waals surface area contributed by atoms with Crippen molar-refractivity contribution >= 4 is 21.6 Å². The fourth-order valence-corrected chi connectivity index (χ4v) is 6.74. The van der Waals surface area contributed by atoms with Crippen molar-refractivity contribution in [2.75, 3.05) is 37.6 Å². The molecule has 2 saturated heterocycles. The summed E-state index contributed by atoms with van der Waals surface area (Å²) < 4.78 is 30.0. The average Bonchev–Trinajstić information content (AvgIpc) is 3.08. The molecule has 0 spiro atoms. The second-order valence-electron chi connectivity index (χ2n) is 9.76. The first-order valence-corrected chi connectivity index (χ1v) is 13.3. The van der Waals surface area contributed by atoms with Gasteiger partial charge in [-0.25, -0.2) is 8.42 Å². The van der Waals surface area contributed by atoms with E-state index in [1.807, 2.05) is 4.90 Å². The van der Waals surface area contributed by atoms with Crippen molar-refractivity contribution in [1.29, 1.82) is 0 Å². The predicted octanol–water partition coefficient (Wildman–Crippen LogP) is 3.41. The third-order valence-corrected chi connectivity index (χ3v) is 9.33. The van der Waals surface area contributed by atoms with Crippen LogP contribution in [0.4, 0.5) is 5.69 Å². The summed E-state index contributed by atoms with van der Waals surface area (Å²) in [5, 5.41) is 0. The fraction of sp³-hybridized carbons (Fsp3) is 0.560. The van der Waals surface area contributed by atoms with E-state index in [1.54, 1.807) is 28.9 Å². The number of carbonyl (C=O) groups is 1. The highest BCUT2D eigenvalue weighted by atomic mass is 32.2. The number of piperidine rings is 1. The molecule has 0 saturated carbocycles. The van der Waals surface area contributed by atoms with E-state index in [-0.39, 0.29) is 16.8 Å². The van der Waals surface area contributed by atoms with Crippen LogP contribution in [-0.2, 0) is 17.1 Å². The van der Waals surface area contributed by atoms with Crippen LogP contribution in [0.3, 0.4) is 0 Å². The molecule has 0 aliphatic carbocycles. The monoisotopic (exact) mass is 472 g/mol. The lowest BCUT2D eigenvalue weighted by Gasteiger charge is -2.41. The average molecular weight is 473 g/mol. The number of piperazine rings is 1. The lowest BCUT2D eigenvalue weighted by molar-refractivity contribution is 0.0716. The summed E-state index contributed by atoms with van der Waals surface area (Å²) in [4.78, 5) is 17.9. The molecule has 1 amide bonds. The van der Waals surface area contributed by atoms with Crippen molar-refractivity contribution in [2.45, 2.75) is 51.5 Å². The molecule has 0 unspecified atom stereocenters. The Kier molecular flexibility index (Phi) is 6.60. The van der Waals surface area contributed by atoms with Crippen LogP contribution in [0.2, 0.25) is 0 Å². The van der Waals surface area contributed by atoms with Crippen LogP contribution in [0.25, 0.3) is 0 Å². The van der Waals surface area contributed by atoms with E-state index in [9.17, 15) is 13.2 Å². The molecule has 4 rings (SSSR count). The zero-order valence-electron chi connectivity index (χ0n) is 20.4. The van der Waals surface area contributed by atoms with Crippen LogP contribution in [-0.4, -0.2) is 66.9 Å². The van der Waals surface area contributed by atoms with E-state index in [0.717, 1.165) is 19.4 Å². The molecule has 2 aliphatic rings. The summed E-state index contributed by atoms with van der Waals surface area (Å²) >= 11 is 0. The van der Waals surface area contributed by atoms with Gasteiger partial charge in [-0.1, -0.05) is 19.1 Å². The van der Waals surface area contributed by atoms with E-state index >= 15 is 0 Å². The first-order chi connectivity index (χ1) is 15.6. The third-order valence-electron chi connectivity index (χ3n) is 7.32. The van der Waals surface area contributed by atoms with Gasteiger partial charge in [0.2, 0.25) is 10.0 Å². The number of nitrogens with zero attached hydrogens (tertiary/aromatic N) is 4. The van der Waals surface area contributed by atoms with Gasteiger partial charge in [0.1, 0.15) is 10.6 Å². The van der Waals surface area contributed by atoms with E-state index in [2.05, 4.69) is 49.9 Å². The number of hydrogen-bond donors (Lipinski definition) is 0. The number of sulfonamides is 1. The molecule has 8 heteroatoms. The predicted molar refractivity (Wildman–Crippen MR) is 131 cm³/mol. The third kappa shape index (κ3) is 4.55. The van der Waals surface area contributed by atoms with E-state index in [1.165, 1.54) is 11.3 Å². The van der Waals surface area contributed by atoms with Gasteiger partial charge in [0.25, 0.3) is 5.91 Å². The minimum absolute atomic E-state index is 0.106. The molecular formula is C25H36N4O3S. The number of hydrogen-bond acceptors (Lipinski definition) is 4. The topological polar surface area (TPSA) is 65.9 Å². The maximum Gasteiger partial charge on any atom is 0.270 e. The fourth-order valence-electron chi connectivity index (χ4n) is 5.00. The number of anilines is 1. The van der Waals surface area contributed by atoms with Crippen LogP contribution >= 0.6 is 0 Å². The van der Waals surface area contributed by atoms with E-state index in [4.69, 9.17) is 0 Å². The van der Waals surface area contributed by atoms with Gasteiger partial charge in [-0.15, -0.1) is 0 Å². The molecule has 1 aromatic carbocycles. The molecule has 1 atom stereocenters. The summed E-state index contributed by atoms with van der Waals surface area (Å²) in [5.74, 6) is 0.441. The molecule has 0 N–H and O–H groups in total.